The maximum Gasteiger partial charge on any atom is 0.521 e. The highest BCUT2D eigenvalue weighted by Crippen LogP contribution is 2.32. The van der Waals surface area contributed by atoms with Gasteiger partial charge < -0.3 is 15.2 Å². The van der Waals surface area contributed by atoms with E-state index in [-0.39, 0.29) is 12.3 Å². The number of quaternary nitrogens is 1. The van der Waals surface area contributed by atoms with E-state index in [9.17, 15) is 19.5 Å². The first-order chi connectivity index (χ1) is 9.79. The molecular formula is C13H23N2O5S+. The molecule has 0 aromatic rings. The van der Waals surface area contributed by atoms with Gasteiger partial charge in [0.25, 0.3) is 0 Å². The number of hydrogen-bond acceptors (Lipinski definition) is 5. The lowest BCUT2D eigenvalue weighted by molar-refractivity contribution is -0.795. The SMILES string of the molecule is CCNC(=O)O[C@@H]1C[C@@H](C)[N@@+](C(=O)O)(C(=O)C(C)CS)C1. The minimum atomic E-state index is -1.21. The van der Waals surface area contributed by atoms with E-state index in [1.54, 1.807) is 20.8 Å². The van der Waals surface area contributed by atoms with Gasteiger partial charge in [0, 0.05) is 18.7 Å². The molecule has 0 radical (unpaired) electrons. The second kappa shape index (κ2) is 7.13. The number of amides is 3. The summed E-state index contributed by atoms with van der Waals surface area (Å²) in [6.45, 7) is 5.50. The number of carboxylic acid groups (broad SMARTS) is 1. The highest BCUT2D eigenvalue weighted by molar-refractivity contribution is 7.80. The Morgan fingerprint density at radius 1 is 1.48 bits per heavy atom. The minimum Gasteiger partial charge on any atom is -0.440 e. The van der Waals surface area contributed by atoms with Gasteiger partial charge in [-0.1, -0.05) is 0 Å². The zero-order valence-corrected chi connectivity index (χ0v) is 13.4. The van der Waals surface area contributed by atoms with E-state index < -0.39 is 40.6 Å². The van der Waals surface area contributed by atoms with Crippen LogP contribution in [0.5, 0.6) is 0 Å². The van der Waals surface area contributed by atoms with Crippen LogP contribution >= 0.6 is 12.6 Å². The Kier molecular flexibility index (Phi) is 6.03. The lowest BCUT2D eigenvalue weighted by Gasteiger charge is -2.31. The van der Waals surface area contributed by atoms with E-state index in [2.05, 4.69) is 17.9 Å². The average Bonchev–Trinajstić information content (AvgIpc) is 2.74. The van der Waals surface area contributed by atoms with Gasteiger partial charge in [0.1, 0.15) is 12.6 Å². The van der Waals surface area contributed by atoms with Gasteiger partial charge in [0.15, 0.2) is 6.10 Å². The van der Waals surface area contributed by atoms with Gasteiger partial charge in [-0.3, -0.25) is 0 Å². The third-order valence-electron chi connectivity index (χ3n) is 3.87. The van der Waals surface area contributed by atoms with Crippen LogP contribution in [0, 0.1) is 5.92 Å². The number of nitrogens with zero attached hydrogens (tertiary/aromatic N) is 1. The number of thiol groups is 1. The molecule has 1 saturated heterocycles. The highest BCUT2D eigenvalue weighted by atomic mass is 32.1. The van der Waals surface area contributed by atoms with Crippen LogP contribution in [0.4, 0.5) is 9.59 Å². The van der Waals surface area contributed by atoms with Crippen molar-refractivity contribution in [2.24, 2.45) is 5.92 Å². The second-order valence-electron chi connectivity index (χ2n) is 5.40. The van der Waals surface area contributed by atoms with Crippen LogP contribution < -0.4 is 5.32 Å². The molecule has 0 aromatic heterocycles. The van der Waals surface area contributed by atoms with Gasteiger partial charge in [0.2, 0.25) is 0 Å². The van der Waals surface area contributed by atoms with Gasteiger partial charge in [-0.2, -0.15) is 21.9 Å². The van der Waals surface area contributed by atoms with Crippen molar-refractivity contribution in [3.8, 4) is 0 Å². The minimum absolute atomic E-state index is 0.0371. The first-order valence-corrected chi connectivity index (χ1v) is 7.63. The summed E-state index contributed by atoms with van der Waals surface area (Å²) >= 11 is 4.07. The summed E-state index contributed by atoms with van der Waals surface area (Å²) in [5.74, 6) is -0.595. The number of rotatable bonds is 4. The quantitative estimate of drug-likeness (QED) is 0.539. The number of ether oxygens (including phenoxy) is 1. The first-order valence-electron chi connectivity index (χ1n) is 7.00. The molecule has 1 rings (SSSR count). The molecular weight excluding hydrogens is 296 g/mol. The number of nitrogens with one attached hydrogen (secondary N) is 1. The van der Waals surface area contributed by atoms with Crippen molar-refractivity contribution in [3.05, 3.63) is 0 Å². The highest BCUT2D eigenvalue weighted by Gasteiger charge is 2.58. The third-order valence-corrected chi connectivity index (χ3v) is 4.42. The van der Waals surface area contributed by atoms with Crippen LogP contribution in [0.15, 0.2) is 0 Å². The number of carbonyl (C=O) groups excluding carboxylic acids is 2. The molecule has 1 heterocycles. The molecule has 1 fully saturated rings. The maximum atomic E-state index is 12.5. The molecule has 0 aliphatic carbocycles. The Balaban J connectivity index is 2.93. The number of hydrogen-bond donors (Lipinski definition) is 3. The van der Waals surface area contributed by atoms with Crippen molar-refractivity contribution in [2.45, 2.75) is 39.3 Å². The van der Waals surface area contributed by atoms with Crippen LogP contribution in [-0.2, 0) is 9.53 Å². The van der Waals surface area contributed by atoms with Crippen molar-refractivity contribution >= 4 is 30.7 Å². The molecule has 4 atom stereocenters. The fourth-order valence-electron chi connectivity index (χ4n) is 2.70. The van der Waals surface area contributed by atoms with E-state index in [1.807, 2.05) is 0 Å². The van der Waals surface area contributed by atoms with E-state index >= 15 is 0 Å². The summed E-state index contributed by atoms with van der Waals surface area (Å²) in [6, 6.07) is -0.447. The Labute approximate surface area is 129 Å². The molecule has 0 bridgehead atoms. The third kappa shape index (κ3) is 3.49. The van der Waals surface area contributed by atoms with Crippen LogP contribution in [0.25, 0.3) is 0 Å². The van der Waals surface area contributed by atoms with Gasteiger partial charge in [-0.15, -0.1) is 0 Å². The van der Waals surface area contributed by atoms with Gasteiger partial charge in [0.05, 0.1) is 5.92 Å². The Morgan fingerprint density at radius 2 is 2.10 bits per heavy atom. The summed E-state index contributed by atoms with van der Waals surface area (Å²) in [5.41, 5.74) is 0. The smallest absolute Gasteiger partial charge is 0.440 e. The number of carbonyl (C=O) groups is 3. The Hall–Kier alpha value is -1.28. The van der Waals surface area contributed by atoms with Crippen molar-refractivity contribution in [1.29, 1.82) is 0 Å². The number of imide groups is 1. The molecule has 0 spiro atoms. The summed E-state index contributed by atoms with van der Waals surface area (Å²) in [5, 5.41) is 12.1. The molecule has 1 unspecified atom stereocenters. The standard InChI is InChI=1S/C13H22N2O5S/c1-4-14-12(17)20-10-5-9(3)15(6-10,13(18)19)11(16)8(2)7-21/h8-10H,4-7H2,1-3H3,(H2-,14,17,18,19,21)/p+1/t8?,9-,10-,15-/m1/s1. The van der Waals surface area contributed by atoms with Crippen molar-refractivity contribution in [1.82, 2.24) is 5.32 Å². The molecule has 2 N–H and O–H groups in total. The topological polar surface area (TPSA) is 92.7 Å². The van der Waals surface area contributed by atoms with E-state index in [0.717, 1.165) is 0 Å². The van der Waals surface area contributed by atoms with Gasteiger partial charge in [-0.05, 0) is 20.8 Å². The normalized spacial score (nSPS) is 29.7. The molecule has 8 heteroatoms. The zero-order valence-electron chi connectivity index (χ0n) is 12.5. The average molecular weight is 319 g/mol. The Bertz CT molecular complexity index is 431. The molecule has 1 aliphatic rings. The molecule has 7 nitrogen and oxygen atoms in total. The molecule has 120 valence electrons. The molecule has 21 heavy (non-hydrogen) atoms. The zero-order chi connectivity index (χ0) is 16.2. The predicted molar refractivity (Wildman–Crippen MR) is 79.2 cm³/mol. The van der Waals surface area contributed by atoms with E-state index in [0.29, 0.717) is 13.0 Å². The van der Waals surface area contributed by atoms with Crippen LogP contribution in [0.3, 0.4) is 0 Å². The van der Waals surface area contributed by atoms with E-state index in [1.165, 1.54) is 0 Å². The molecule has 0 aromatic carbocycles. The number of likely N-dealkylation sites (tertiary alicyclic amines) is 1. The van der Waals surface area contributed by atoms with Crippen molar-refractivity contribution < 1.29 is 28.7 Å². The molecule has 0 saturated carbocycles. The monoisotopic (exact) mass is 319 g/mol. The largest absolute Gasteiger partial charge is 0.521 e. The van der Waals surface area contributed by atoms with Gasteiger partial charge in [-0.25, -0.2) is 9.59 Å². The first kappa shape index (κ1) is 17.8. The van der Waals surface area contributed by atoms with Crippen molar-refractivity contribution in [3.63, 3.8) is 0 Å². The predicted octanol–water partition coefficient (Wildman–Crippen LogP) is 1.48. The fourth-order valence-corrected chi connectivity index (χ4v) is 2.85. The lowest BCUT2D eigenvalue weighted by atomic mass is 10.1. The fraction of sp³-hybridized carbons (Fsp3) is 0.769. The summed E-state index contributed by atoms with van der Waals surface area (Å²) in [6.07, 6.45) is -2.04. The van der Waals surface area contributed by atoms with Gasteiger partial charge >= 0.3 is 18.1 Å². The second-order valence-corrected chi connectivity index (χ2v) is 5.76. The lowest BCUT2D eigenvalue weighted by Crippen LogP contribution is -2.61. The maximum absolute atomic E-state index is 12.5. The summed E-state index contributed by atoms with van der Waals surface area (Å²) < 4.78 is 4.49. The molecule has 1 aliphatic heterocycles. The van der Waals surface area contributed by atoms with Crippen LogP contribution in [0.1, 0.15) is 27.2 Å². The van der Waals surface area contributed by atoms with Crippen molar-refractivity contribution in [2.75, 3.05) is 18.8 Å². The molecule has 3 amide bonds. The summed E-state index contributed by atoms with van der Waals surface area (Å²) in [4.78, 5) is 35.7. The van der Waals surface area contributed by atoms with E-state index in [4.69, 9.17) is 4.74 Å². The van der Waals surface area contributed by atoms with Crippen LogP contribution in [-0.4, -0.2) is 58.7 Å². The summed E-state index contributed by atoms with van der Waals surface area (Å²) in [7, 11) is 0. The number of alkyl carbamates (subject to hydrolysis) is 1. The van der Waals surface area contributed by atoms with Crippen LogP contribution in [0.2, 0.25) is 0 Å². The Morgan fingerprint density at radius 3 is 2.57 bits per heavy atom.